The minimum atomic E-state index is -0.492. The summed E-state index contributed by atoms with van der Waals surface area (Å²) in [6.07, 6.45) is 0.0164. The molecule has 0 radical (unpaired) electrons. The lowest BCUT2D eigenvalue weighted by Crippen LogP contribution is -2.42. The van der Waals surface area contributed by atoms with Crippen LogP contribution in [0.5, 0.6) is 0 Å². The van der Waals surface area contributed by atoms with Gasteiger partial charge in [0, 0.05) is 7.05 Å². The number of rotatable bonds is 4. The minimum Gasteiger partial charge on any atom is -0.483 e. The maximum atomic E-state index is 11.2. The summed E-state index contributed by atoms with van der Waals surface area (Å²) in [6.45, 7) is 1.74. The van der Waals surface area contributed by atoms with E-state index in [2.05, 4.69) is 10.2 Å². The molecule has 0 aliphatic carbocycles. The van der Waals surface area contributed by atoms with E-state index in [0.717, 1.165) is 0 Å². The molecule has 0 saturated heterocycles. The zero-order valence-electron chi connectivity index (χ0n) is 9.08. The van der Waals surface area contributed by atoms with E-state index in [1.165, 1.54) is 5.01 Å². The van der Waals surface area contributed by atoms with Crippen LogP contribution >= 0.6 is 11.6 Å². The number of carbonyl (C=O) groups excluding carboxylic acids is 2. The topological polar surface area (TPSA) is 67.9 Å². The van der Waals surface area contributed by atoms with Crippen molar-refractivity contribution < 1.29 is 19.1 Å². The number of hydrogen-bond donors (Lipinski definition) is 1. The zero-order valence-corrected chi connectivity index (χ0v) is 9.84. The number of amides is 1. The summed E-state index contributed by atoms with van der Waals surface area (Å²) in [5.74, 6) is -0.472. The summed E-state index contributed by atoms with van der Waals surface area (Å²) in [7, 11) is 1.58. The van der Waals surface area contributed by atoms with Crippen molar-refractivity contribution in [2.45, 2.75) is 13.3 Å². The van der Waals surface area contributed by atoms with Gasteiger partial charge in [-0.2, -0.15) is 0 Å². The van der Waals surface area contributed by atoms with Gasteiger partial charge in [0.15, 0.2) is 11.8 Å². The lowest BCUT2D eigenvalue weighted by Gasteiger charge is -2.26. The number of halogens is 1. The Morgan fingerprint density at radius 1 is 1.62 bits per heavy atom. The normalized spacial score (nSPS) is 15.9. The van der Waals surface area contributed by atoms with E-state index in [4.69, 9.17) is 16.3 Å². The second-order valence-electron chi connectivity index (χ2n) is 3.08. The molecule has 0 aromatic heterocycles. The molecule has 6 nitrogen and oxygen atoms in total. The van der Waals surface area contributed by atoms with Gasteiger partial charge < -0.3 is 9.47 Å². The van der Waals surface area contributed by atoms with Crippen molar-refractivity contribution in [1.29, 1.82) is 0 Å². The molecule has 1 aliphatic rings. The summed E-state index contributed by atoms with van der Waals surface area (Å²) >= 11 is 5.87. The molecule has 0 fully saturated rings. The van der Waals surface area contributed by atoms with Crippen LogP contribution < -0.4 is 5.43 Å². The Kier molecular flexibility index (Phi) is 4.42. The molecule has 16 heavy (non-hydrogen) atoms. The van der Waals surface area contributed by atoms with Crippen molar-refractivity contribution in [3.63, 3.8) is 0 Å². The van der Waals surface area contributed by atoms with E-state index in [1.54, 1.807) is 14.0 Å². The Labute approximate surface area is 98.1 Å². The van der Waals surface area contributed by atoms with Gasteiger partial charge in [-0.3, -0.25) is 15.2 Å². The third-order valence-corrected chi connectivity index (χ3v) is 2.27. The maximum Gasteiger partial charge on any atom is 0.344 e. The minimum absolute atomic E-state index is 0.0164. The van der Waals surface area contributed by atoms with Gasteiger partial charge >= 0.3 is 5.97 Å². The van der Waals surface area contributed by atoms with Crippen LogP contribution in [0.4, 0.5) is 0 Å². The number of ether oxygens (including phenoxy) is 2. The number of hydrogen-bond acceptors (Lipinski definition) is 5. The summed E-state index contributed by atoms with van der Waals surface area (Å²) in [5.41, 5.74) is 2.48. The SMILES string of the molecule is CCOC(=O)COC1=C(Cl)N(C)NC(=O)C1. The van der Waals surface area contributed by atoms with Crippen molar-refractivity contribution in [3.05, 3.63) is 10.9 Å². The fourth-order valence-electron chi connectivity index (χ4n) is 1.14. The summed E-state index contributed by atoms with van der Waals surface area (Å²) in [5, 5.41) is 1.58. The molecular weight excluding hydrogens is 236 g/mol. The van der Waals surface area contributed by atoms with Crippen molar-refractivity contribution in [3.8, 4) is 0 Å². The largest absolute Gasteiger partial charge is 0.483 e. The zero-order chi connectivity index (χ0) is 12.1. The molecule has 0 bridgehead atoms. The molecule has 90 valence electrons. The van der Waals surface area contributed by atoms with Crippen molar-refractivity contribution in [2.24, 2.45) is 0 Å². The van der Waals surface area contributed by atoms with Gasteiger partial charge in [0.2, 0.25) is 5.91 Å². The second kappa shape index (κ2) is 5.60. The summed E-state index contributed by atoms with van der Waals surface area (Å²) in [6, 6.07) is 0. The fourth-order valence-corrected chi connectivity index (χ4v) is 1.30. The first-order valence-electron chi connectivity index (χ1n) is 4.75. The van der Waals surface area contributed by atoms with E-state index >= 15 is 0 Å². The van der Waals surface area contributed by atoms with E-state index < -0.39 is 5.97 Å². The van der Waals surface area contributed by atoms with Crippen LogP contribution in [0.25, 0.3) is 0 Å². The number of nitrogens with zero attached hydrogens (tertiary/aromatic N) is 1. The molecule has 0 aromatic rings. The molecule has 0 unspecified atom stereocenters. The molecule has 0 atom stereocenters. The van der Waals surface area contributed by atoms with Crippen LogP contribution in [0.2, 0.25) is 0 Å². The van der Waals surface area contributed by atoms with Gasteiger partial charge in [-0.15, -0.1) is 0 Å². The molecule has 1 N–H and O–H groups in total. The van der Waals surface area contributed by atoms with E-state index in [1.807, 2.05) is 0 Å². The third-order valence-electron chi connectivity index (χ3n) is 1.81. The highest BCUT2D eigenvalue weighted by atomic mass is 35.5. The van der Waals surface area contributed by atoms with E-state index in [-0.39, 0.29) is 36.5 Å². The van der Waals surface area contributed by atoms with Crippen molar-refractivity contribution in [2.75, 3.05) is 20.3 Å². The van der Waals surface area contributed by atoms with Crippen molar-refractivity contribution in [1.82, 2.24) is 10.4 Å². The molecule has 0 saturated carbocycles. The third kappa shape index (κ3) is 3.30. The first-order valence-corrected chi connectivity index (χ1v) is 5.12. The second-order valence-corrected chi connectivity index (χ2v) is 3.44. The number of hydrazine groups is 1. The standard InChI is InChI=1S/C9H13ClN2O4/c1-3-15-8(14)5-16-6-4-7(13)11-12(2)9(6)10/h3-5H2,1-2H3,(H,11,13). The van der Waals surface area contributed by atoms with Gasteiger partial charge in [-0.1, -0.05) is 11.6 Å². The smallest absolute Gasteiger partial charge is 0.344 e. The molecule has 1 rings (SSSR count). The Bertz CT molecular complexity index is 329. The Morgan fingerprint density at radius 3 is 2.94 bits per heavy atom. The molecule has 7 heteroatoms. The van der Waals surface area contributed by atoms with Gasteiger partial charge in [0.05, 0.1) is 13.0 Å². The van der Waals surface area contributed by atoms with Crippen molar-refractivity contribution >= 4 is 23.5 Å². The molecule has 1 aliphatic heterocycles. The predicted molar refractivity (Wildman–Crippen MR) is 56.0 cm³/mol. The molecule has 0 spiro atoms. The van der Waals surface area contributed by atoms with E-state index in [9.17, 15) is 9.59 Å². The average Bonchev–Trinajstić information content (AvgIpc) is 2.21. The number of nitrogens with one attached hydrogen (secondary N) is 1. The Balaban J connectivity index is 2.55. The highest BCUT2D eigenvalue weighted by molar-refractivity contribution is 6.29. The van der Waals surface area contributed by atoms with Crippen LogP contribution in [-0.4, -0.2) is 37.1 Å². The highest BCUT2D eigenvalue weighted by Crippen LogP contribution is 2.20. The highest BCUT2D eigenvalue weighted by Gasteiger charge is 2.22. The lowest BCUT2D eigenvalue weighted by molar-refractivity contribution is -0.147. The first-order chi connectivity index (χ1) is 7.54. The van der Waals surface area contributed by atoms with Gasteiger partial charge in [0.1, 0.15) is 5.76 Å². The summed E-state index contributed by atoms with van der Waals surface area (Å²) < 4.78 is 9.80. The average molecular weight is 249 g/mol. The van der Waals surface area contributed by atoms with Crippen LogP contribution in [-0.2, 0) is 19.1 Å². The van der Waals surface area contributed by atoms with Crippen LogP contribution in [0.15, 0.2) is 10.9 Å². The predicted octanol–water partition coefficient (Wildman–Crippen LogP) is 0.341. The summed E-state index contributed by atoms with van der Waals surface area (Å²) in [4.78, 5) is 22.2. The molecule has 0 aromatic carbocycles. The van der Waals surface area contributed by atoms with Crippen LogP contribution in [0, 0.1) is 0 Å². The number of carbonyl (C=O) groups is 2. The van der Waals surface area contributed by atoms with Gasteiger partial charge in [-0.25, -0.2) is 4.79 Å². The molecular formula is C9H13ClN2O4. The fraction of sp³-hybridized carbons (Fsp3) is 0.556. The van der Waals surface area contributed by atoms with Crippen LogP contribution in [0.3, 0.4) is 0 Å². The molecule has 1 amide bonds. The first kappa shape index (κ1) is 12.6. The van der Waals surface area contributed by atoms with Crippen LogP contribution in [0.1, 0.15) is 13.3 Å². The maximum absolute atomic E-state index is 11.2. The Morgan fingerprint density at radius 2 is 2.31 bits per heavy atom. The van der Waals surface area contributed by atoms with Gasteiger partial charge in [0.25, 0.3) is 0 Å². The lowest BCUT2D eigenvalue weighted by atomic mass is 10.3. The monoisotopic (exact) mass is 248 g/mol. The Hall–Kier alpha value is -1.43. The van der Waals surface area contributed by atoms with E-state index in [0.29, 0.717) is 0 Å². The van der Waals surface area contributed by atoms with Gasteiger partial charge in [-0.05, 0) is 6.92 Å². The molecule has 1 heterocycles. The number of esters is 1. The quantitative estimate of drug-likeness (QED) is 0.574.